The van der Waals surface area contributed by atoms with Gasteiger partial charge in [-0.1, -0.05) is 39.0 Å². The number of H-pyrrole nitrogens is 1. The second-order valence-electron chi connectivity index (χ2n) is 5.73. The minimum Gasteiger partial charge on any atom is -0.465 e. The number of thioether (sulfide) groups is 1. The second kappa shape index (κ2) is 6.81. The molecule has 2 aliphatic heterocycles. The van der Waals surface area contributed by atoms with Gasteiger partial charge in [0.1, 0.15) is 11.0 Å². The lowest BCUT2D eigenvalue weighted by molar-refractivity contribution is -0.150. The molecule has 136 valence electrons. The van der Waals surface area contributed by atoms with Crippen molar-refractivity contribution in [1.29, 1.82) is 0 Å². The van der Waals surface area contributed by atoms with E-state index in [0.717, 1.165) is 38.0 Å². The number of thiazole rings is 1. The molecule has 0 spiro atoms. The number of halogens is 2. The van der Waals surface area contributed by atoms with Crippen molar-refractivity contribution in [1.82, 2.24) is 4.98 Å². The number of aromatic amines is 1. The molecule has 26 heavy (non-hydrogen) atoms. The number of rotatable bonds is 2. The van der Waals surface area contributed by atoms with Crippen LogP contribution in [-0.4, -0.2) is 28.8 Å². The van der Waals surface area contributed by atoms with E-state index in [1.807, 2.05) is 6.07 Å². The first-order valence-electron chi connectivity index (χ1n) is 7.67. The number of hydrogen-bond donors (Lipinski definition) is 1. The summed E-state index contributed by atoms with van der Waals surface area (Å²) in [6.45, 7) is 1.92. The predicted octanol–water partition coefficient (Wildman–Crippen LogP) is 3.67. The maximum atomic E-state index is 12.8. The summed E-state index contributed by atoms with van der Waals surface area (Å²) in [5.74, 6) is -1.77. The molecule has 0 amide bonds. The lowest BCUT2D eigenvalue weighted by atomic mass is 9.80. The third-order valence-electron chi connectivity index (χ3n) is 4.22. The fourth-order valence-electron chi connectivity index (χ4n) is 3.26. The number of benzene rings is 1. The molecule has 1 aromatic carbocycles. The van der Waals surface area contributed by atoms with Gasteiger partial charge in [0.05, 0.1) is 22.0 Å². The van der Waals surface area contributed by atoms with Crippen LogP contribution in [0.2, 0.25) is 0 Å². The number of carbonyl (C=O) groups is 2. The van der Waals surface area contributed by atoms with E-state index in [9.17, 15) is 14.4 Å². The van der Waals surface area contributed by atoms with E-state index < -0.39 is 29.0 Å². The van der Waals surface area contributed by atoms with Crippen molar-refractivity contribution in [3.8, 4) is 5.75 Å². The van der Waals surface area contributed by atoms with Crippen LogP contribution >= 0.6 is 55.0 Å². The largest absolute Gasteiger partial charge is 0.465 e. The number of carbonyl (C=O) groups excluding carboxylic acids is 2. The maximum Gasteiger partial charge on any atom is 0.320 e. The highest BCUT2D eigenvalue weighted by atomic mass is 79.9. The molecule has 1 N–H and O–H groups in total. The lowest BCUT2D eigenvalue weighted by Gasteiger charge is -2.38. The van der Waals surface area contributed by atoms with Crippen LogP contribution in [0.3, 0.4) is 0 Å². The van der Waals surface area contributed by atoms with Crippen LogP contribution in [0.15, 0.2) is 30.9 Å². The molecule has 2 aliphatic rings. The Bertz CT molecular complexity index is 986. The van der Waals surface area contributed by atoms with Gasteiger partial charge in [-0.3, -0.25) is 14.4 Å². The van der Waals surface area contributed by atoms with Crippen molar-refractivity contribution >= 4 is 66.9 Å². The third kappa shape index (κ3) is 2.87. The van der Waals surface area contributed by atoms with Gasteiger partial charge in [-0.2, -0.15) is 0 Å². The van der Waals surface area contributed by atoms with Crippen LogP contribution in [0.1, 0.15) is 23.3 Å². The molecule has 10 heteroatoms. The summed E-state index contributed by atoms with van der Waals surface area (Å²) in [5, 5.41) is -0.174. The minimum absolute atomic E-state index is 0.211. The first kappa shape index (κ1) is 18.3. The molecule has 4 rings (SSSR count). The van der Waals surface area contributed by atoms with Gasteiger partial charge in [-0.05, 0) is 35.0 Å². The standard InChI is InChI=1S/C16H11Br2NO5S2/c1-2-23-15(21)12-9-8(11-13(25-12)19-16(22)26-11)6-3-5(17)4-7(18)10(6)24-14(9)20/h3-4,8-9,12H,2H2,1H3,(H,19,22)/t8-,9+,12-/m0/s1. The Morgan fingerprint density at radius 1 is 1.35 bits per heavy atom. The average molecular weight is 521 g/mol. The average Bonchev–Trinajstić information content (AvgIpc) is 2.95. The number of fused-ring (bicyclic) bond motifs is 5. The lowest BCUT2D eigenvalue weighted by Crippen LogP contribution is -2.44. The second-order valence-corrected chi connectivity index (χ2v) is 9.67. The molecular weight excluding hydrogens is 510 g/mol. The molecule has 1 aromatic heterocycles. The van der Waals surface area contributed by atoms with Gasteiger partial charge < -0.3 is 14.5 Å². The fraction of sp³-hybridized carbons (Fsp3) is 0.312. The zero-order valence-corrected chi connectivity index (χ0v) is 18.0. The molecule has 0 unspecified atom stereocenters. The minimum atomic E-state index is -0.781. The highest BCUT2D eigenvalue weighted by molar-refractivity contribution is 9.11. The summed E-state index contributed by atoms with van der Waals surface area (Å²) in [7, 11) is 0. The van der Waals surface area contributed by atoms with Crippen molar-refractivity contribution in [2.24, 2.45) is 5.92 Å². The van der Waals surface area contributed by atoms with Crippen LogP contribution in [0.5, 0.6) is 5.75 Å². The van der Waals surface area contributed by atoms with E-state index in [2.05, 4.69) is 36.8 Å². The van der Waals surface area contributed by atoms with Gasteiger partial charge in [0, 0.05) is 20.8 Å². The molecule has 0 fully saturated rings. The van der Waals surface area contributed by atoms with E-state index in [1.165, 1.54) is 0 Å². The van der Waals surface area contributed by atoms with E-state index in [0.29, 0.717) is 15.2 Å². The topological polar surface area (TPSA) is 85.5 Å². The summed E-state index contributed by atoms with van der Waals surface area (Å²) in [4.78, 5) is 40.6. The summed E-state index contributed by atoms with van der Waals surface area (Å²) < 4.78 is 12.1. The molecule has 3 atom stereocenters. The SMILES string of the molecule is CCOC(=O)[C@H]1Sc2[nH]c(=O)sc2[C@H]2c3cc(Br)cc(Br)c3OC(=O)[C@H]21. The highest BCUT2D eigenvalue weighted by Gasteiger charge is 2.52. The first-order valence-corrected chi connectivity index (χ1v) is 11.0. The Morgan fingerprint density at radius 3 is 2.85 bits per heavy atom. The molecular formula is C16H11Br2NO5S2. The quantitative estimate of drug-likeness (QED) is 0.480. The van der Waals surface area contributed by atoms with Crippen LogP contribution in [0.25, 0.3) is 0 Å². The smallest absolute Gasteiger partial charge is 0.320 e. The summed E-state index contributed by atoms with van der Waals surface area (Å²) in [6, 6.07) is 3.64. The van der Waals surface area contributed by atoms with E-state index in [4.69, 9.17) is 9.47 Å². The first-order chi connectivity index (χ1) is 12.4. The van der Waals surface area contributed by atoms with E-state index in [-0.39, 0.29) is 11.5 Å². The number of aromatic nitrogens is 1. The van der Waals surface area contributed by atoms with Crippen molar-refractivity contribution in [3.63, 3.8) is 0 Å². The molecule has 0 bridgehead atoms. The van der Waals surface area contributed by atoms with Gasteiger partial charge >= 0.3 is 16.8 Å². The van der Waals surface area contributed by atoms with Gasteiger partial charge in [0.2, 0.25) is 0 Å². The molecule has 0 saturated heterocycles. The van der Waals surface area contributed by atoms with E-state index >= 15 is 0 Å². The van der Waals surface area contributed by atoms with Gasteiger partial charge in [0.25, 0.3) is 0 Å². The van der Waals surface area contributed by atoms with Crippen LogP contribution in [0.4, 0.5) is 0 Å². The van der Waals surface area contributed by atoms with Gasteiger partial charge in [-0.25, -0.2) is 0 Å². The van der Waals surface area contributed by atoms with Crippen molar-refractivity contribution in [2.45, 2.75) is 23.1 Å². The summed E-state index contributed by atoms with van der Waals surface area (Å²) >= 11 is 9.09. The zero-order valence-electron chi connectivity index (χ0n) is 13.2. The van der Waals surface area contributed by atoms with E-state index in [1.54, 1.807) is 13.0 Å². The number of nitrogens with one attached hydrogen (secondary N) is 1. The third-order valence-corrected chi connectivity index (χ3v) is 7.66. The molecule has 6 nitrogen and oxygen atoms in total. The Kier molecular flexibility index (Phi) is 4.79. The Balaban J connectivity index is 1.95. The molecule has 0 aliphatic carbocycles. The van der Waals surface area contributed by atoms with Crippen LogP contribution in [0, 0.1) is 5.92 Å². The number of esters is 2. The molecule has 0 saturated carbocycles. The Hall–Kier alpha value is -1.10. The fourth-order valence-corrected chi connectivity index (χ4v) is 7.06. The monoisotopic (exact) mass is 519 g/mol. The summed E-state index contributed by atoms with van der Waals surface area (Å²) in [6.07, 6.45) is 0. The normalized spacial score (nSPS) is 23.5. The summed E-state index contributed by atoms with van der Waals surface area (Å²) in [5.41, 5.74) is 0.752. The van der Waals surface area contributed by atoms with Crippen LogP contribution in [-0.2, 0) is 14.3 Å². The van der Waals surface area contributed by atoms with Crippen LogP contribution < -0.4 is 9.61 Å². The Labute approximate surface area is 172 Å². The number of ether oxygens (including phenoxy) is 2. The van der Waals surface area contributed by atoms with Crippen molar-refractivity contribution < 1.29 is 19.1 Å². The number of hydrogen-bond acceptors (Lipinski definition) is 7. The highest BCUT2D eigenvalue weighted by Crippen LogP contribution is 2.55. The van der Waals surface area contributed by atoms with Crippen molar-refractivity contribution in [3.05, 3.63) is 41.2 Å². The zero-order chi connectivity index (χ0) is 18.6. The molecule has 0 radical (unpaired) electrons. The predicted molar refractivity (Wildman–Crippen MR) is 104 cm³/mol. The van der Waals surface area contributed by atoms with Gasteiger partial charge in [-0.15, -0.1) is 0 Å². The van der Waals surface area contributed by atoms with Crippen molar-refractivity contribution in [2.75, 3.05) is 6.61 Å². The molecule has 2 aromatic rings. The maximum absolute atomic E-state index is 12.8. The molecule has 3 heterocycles. The van der Waals surface area contributed by atoms with Gasteiger partial charge in [0.15, 0.2) is 0 Å². The Morgan fingerprint density at radius 2 is 2.12 bits per heavy atom.